The van der Waals surface area contributed by atoms with Gasteiger partial charge in [0.05, 0.1) is 0 Å². The smallest absolute Gasteiger partial charge is 0.321 e. The van der Waals surface area contributed by atoms with Crippen molar-refractivity contribution in [3.63, 3.8) is 0 Å². The molecule has 4 heteroatoms. The van der Waals surface area contributed by atoms with Gasteiger partial charge >= 0.3 is 5.97 Å². The Hall–Kier alpha value is -0.870. The van der Waals surface area contributed by atoms with Gasteiger partial charge in [-0.05, 0) is 44.6 Å². The van der Waals surface area contributed by atoms with Crippen LogP contribution >= 0.6 is 15.9 Å². The Bertz CT molecular complexity index is 391. The topological polar surface area (TPSA) is 40.5 Å². The minimum absolute atomic E-state index is 0.477. The molecule has 88 valence electrons. The summed E-state index contributed by atoms with van der Waals surface area (Å²) in [7, 11) is 3.56. The molecular formula is C12H16BrNO2. The number of carboxylic acid groups (broad SMARTS) is 1. The van der Waals surface area contributed by atoms with E-state index in [2.05, 4.69) is 15.9 Å². The van der Waals surface area contributed by atoms with Crippen LogP contribution in [0.3, 0.4) is 0 Å². The number of benzene rings is 1. The minimum Gasteiger partial charge on any atom is -0.480 e. The number of hydrogen-bond acceptors (Lipinski definition) is 2. The molecule has 0 aliphatic heterocycles. The quantitative estimate of drug-likeness (QED) is 0.923. The van der Waals surface area contributed by atoms with Crippen molar-refractivity contribution in [1.82, 2.24) is 4.90 Å². The highest BCUT2D eigenvalue weighted by atomic mass is 79.9. The highest BCUT2D eigenvalue weighted by molar-refractivity contribution is 9.10. The van der Waals surface area contributed by atoms with Crippen LogP contribution in [0.1, 0.15) is 11.1 Å². The van der Waals surface area contributed by atoms with Gasteiger partial charge in [0.1, 0.15) is 6.04 Å². The number of aryl methyl sites for hydroxylation is 1. The number of rotatable bonds is 4. The lowest BCUT2D eigenvalue weighted by atomic mass is 10.0. The van der Waals surface area contributed by atoms with Crippen molar-refractivity contribution >= 4 is 21.9 Å². The van der Waals surface area contributed by atoms with Gasteiger partial charge < -0.3 is 5.11 Å². The van der Waals surface area contributed by atoms with Gasteiger partial charge in [0.15, 0.2) is 0 Å². The Kier molecular flexibility index (Phi) is 4.50. The molecule has 0 saturated heterocycles. The summed E-state index contributed by atoms with van der Waals surface area (Å²) in [5.41, 5.74) is 2.18. The number of carboxylic acids is 1. The summed E-state index contributed by atoms with van der Waals surface area (Å²) < 4.78 is 1.02. The van der Waals surface area contributed by atoms with E-state index in [1.54, 1.807) is 19.0 Å². The molecule has 0 bridgehead atoms. The Balaban J connectivity index is 2.86. The molecule has 1 rings (SSSR count). The van der Waals surface area contributed by atoms with Crippen LogP contribution in [-0.4, -0.2) is 36.1 Å². The number of hydrogen-bond donors (Lipinski definition) is 1. The SMILES string of the molecule is Cc1ccc(CC(C(=O)O)N(C)C)cc1Br. The number of likely N-dealkylation sites (N-methyl/N-ethyl adjacent to an activating group) is 1. The molecule has 0 heterocycles. The maximum atomic E-state index is 11.0. The molecule has 0 aliphatic carbocycles. The molecule has 0 aliphatic rings. The second kappa shape index (κ2) is 5.46. The third kappa shape index (κ3) is 3.32. The molecular weight excluding hydrogens is 270 g/mol. The van der Waals surface area contributed by atoms with E-state index in [1.165, 1.54) is 0 Å². The average molecular weight is 286 g/mol. The zero-order valence-corrected chi connectivity index (χ0v) is 11.3. The third-order valence-electron chi connectivity index (χ3n) is 2.57. The van der Waals surface area contributed by atoms with E-state index >= 15 is 0 Å². The van der Waals surface area contributed by atoms with E-state index in [9.17, 15) is 4.79 Å². The van der Waals surface area contributed by atoms with Gasteiger partial charge in [-0.2, -0.15) is 0 Å². The van der Waals surface area contributed by atoms with Crippen LogP contribution < -0.4 is 0 Å². The van der Waals surface area contributed by atoms with Crippen LogP contribution in [0.25, 0.3) is 0 Å². The molecule has 0 amide bonds. The molecule has 16 heavy (non-hydrogen) atoms. The van der Waals surface area contributed by atoms with Crippen molar-refractivity contribution in [2.75, 3.05) is 14.1 Å². The van der Waals surface area contributed by atoms with Crippen LogP contribution in [0.2, 0.25) is 0 Å². The molecule has 1 atom stereocenters. The van der Waals surface area contributed by atoms with Crippen LogP contribution in [0.15, 0.2) is 22.7 Å². The number of carbonyl (C=O) groups is 1. The fourth-order valence-electron chi connectivity index (χ4n) is 1.48. The van der Waals surface area contributed by atoms with Crippen LogP contribution in [0.4, 0.5) is 0 Å². The summed E-state index contributed by atoms with van der Waals surface area (Å²) in [4.78, 5) is 12.8. The first-order valence-corrected chi connectivity index (χ1v) is 5.85. The summed E-state index contributed by atoms with van der Waals surface area (Å²) in [6.45, 7) is 2.01. The molecule has 0 aromatic heterocycles. The number of halogens is 1. The number of nitrogens with zero attached hydrogens (tertiary/aromatic N) is 1. The van der Waals surface area contributed by atoms with Gasteiger partial charge in [-0.1, -0.05) is 28.1 Å². The normalized spacial score (nSPS) is 12.8. The van der Waals surface area contributed by atoms with E-state index in [0.29, 0.717) is 6.42 Å². The van der Waals surface area contributed by atoms with E-state index < -0.39 is 12.0 Å². The monoisotopic (exact) mass is 285 g/mol. The first-order chi connectivity index (χ1) is 7.41. The molecule has 0 spiro atoms. The molecule has 0 radical (unpaired) electrons. The van der Waals surface area contributed by atoms with Gasteiger partial charge in [0.25, 0.3) is 0 Å². The first-order valence-electron chi connectivity index (χ1n) is 5.06. The Morgan fingerprint density at radius 3 is 2.56 bits per heavy atom. The molecule has 1 unspecified atom stereocenters. The van der Waals surface area contributed by atoms with Gasteiger partial charge in [0.2, 0.25) is 0 Å². The first kappa shape index (κ1) is 13.2. The zero-order valence-electron chi connectivity index (χ0n) is 9.70. The van der Waals surface area contributed by atoms with Gasteiger partial charge in [0, 0.05) is 4.47 Å². The third-order valence-corrected chi connectivity index (χ3v) is 3.43. The lowest BCUT2D eigenvalue weighted by Gasteiger charge is -2.20. The summed E-state index contributed by atoms with van der Waals surface area (Å²) >= 11 is 3.45. The fraction of sp³-hybridized carbons (Fsp3) is 0.417. The highest BCUT2D eigenvalue weighted by Gasteiger charge is 2.20. The van der Waals surface area contributed by atoms with Crippen LogP contribution in [0, 0.1) is 6.92 Å². The molecule has 3 nitrogen and oxygen atoms in total. The Labute approximate surface area is 104 Å². The van der Waals surface area contributed by atoms with E-state index in [1.807, 2.05) is 25.1 Å². The highest BCUT2D eigenvalue weighted by Crippen LogP contribution is 2.19. The second-order valence-electron chi connectivity index (χ2n) is 4.11. The molecule has 1 aromatic carbocycles. The molecule has 0 fully saturated rings. The summed E-state index contributed by atoms with van der Waals surface area (Å²) in [5, 5.41) is 9.08. The van der Waals surface area contributed by atoms with Crippen molar-refractivity contribution in [2.24, 2.45) is 0 Å². The lowest BCUT2D eigenvalue weighted by molar-refractivity contribution is -0.142. The summed E-state index contributed by atoms with van der Waals surface area (Å²) in [5.74, 6) is -0.790. The largest absolute Gasteiger partial charge is 0.480 e. The van der Waals surface area contributed by atoms with Gasteiger partial charge in [-0.3, -0.25) is 9.69 Å². The maximum absolute atomic E-state index is 11.0. The Morgan fingerprint density at radius 2 is 2.12 bits per heavy atom. The summed E-state index contributed by atoms with van der Waals surface area (Å²) in [6, 6.07) is 5.47. The number of aliphatic carboxylic acids is 1. The zero-order chi connectivity index (χ0) is 12.3. The fourth-order valence-corrected chi connectivity index (χ4v) is 1.90. The average Bonchev–Trinajstić information content (AvgIpc) is 2.18. The molecule has 0 saturated carbocycles. The van der Waals surface area contributed by atoms with Crippen molar-refractivity contribution in [3.05, 3.63) is 33.8 Å². The van der Waals surface area contributed by atoms with E-state index in [-0.39, 0.29) is 0 Å². The van der Waals surface area contributed by atoms with Crippen molar-refractivity contribution in [2.45, 2.75) is 19.4 Å². The minimum atomic E-state index is -0.790. The standard InChI is InChI=1S/C12H16BrNO2/c1-8-4-5-9(6-10(8)13)7-11(12(15)16)14(2)3/h4-6,11H,7H2,1-3H3,(H,15,16). The van der Waals surface area contributed by atoms with Crippen LogP contribution in [-0.2, 0) is 11.2 Å². The van der Waals surface area contributed by atoms with E-state index in [4.69, 9.17) is 5.11 Å². The molecule has 1 N–H and O–H groups in total. The van der Waals surface area contributed by atoms with E-state index in [0.717, 1.165) is 15.6 Å². The predicted molar refractivity (Wildman–Crippen MR) is 67.7 cm³/mol. The van der Waals surface area contributed by atoms with Crippen molar-refractivity contribution in [1.29, 1.82) is 0 Å². The van der Waals surface area contributed by atoms with Gasteiger partial charge in [-0.15, -0.1) is 0 Å². The Morgan fingerprint density at radius 1 is 1.50 bits per heavy atom. The predicted octanol–water partition coefficient (Wildman–Crippen LogP) is 2.31. The molecule has 1 aromatic rings. The summed E-state index contributed by atoms with van der Waals surface area (Å²) in [6.07, 6.45) is 0.515. The van der Waals surface area contributed by atoms with Crippen molar-refractivity contribution in [3.8, 4) is 0 Å². The van der Waals surface area contributed by atoms with Gasteiger partial charge in [-0.25, -0.2) is 0 Å². The maximum Gasteiger partial charge on any atom is 0.321 e. The second-order valence-corrected chi connectivity index (χ2v) is 4.96. The lowest BCUT2D eigenvalue weighted by Crippen LogP contribution is -2.37. The van der Waals surface area contributed by atoms with Crippen molar-refractivity contribution < 1.29 is 9.90 Å². The van der Waals surface area contributed by atoms with Crippen LogP contribution in [0.5, 0.6) is 0 Å².